The number of hydrogen-bond donors (Lipinski definition) is 1. The monoisotopic (exact) mass is 248 g/mol. The lowest BCUT2D eigenvalue weighted by Gasteiger charge is -2.33. The van der Waals surface area contributed by atoms with Crippen LogP contribution in [0.5, 0.6) is 0 Å². The maximum atomic E-state index is 11.6. The van der Waals surface area contributed by atoms with Gasteiger partial charge in [-0.15, -0.1) is 5.10 Å². The quantitative estimate of drug-likeness (QED) is 0.873. The predicted molar refractivity (Wildman–Crippen MR) is 70.2 cm³/mol. The second-order valence-corrected chi connectivity index (χ2v) is 5.01. The topological polar surface area (TPSA) is 58.1 Å². The van der Waals surface area contributed by atoms with Gasteiger partial charge in [0.15, 0.2) is 5.82 Å². The van der Waals surface area contributed by atoms with Gasteiger partial charge in [-0.1, -0.05) is 13.8 Å². The van der Waals surface area contributed by atoms with E-state index in [4.69, 9.17) is 0 Å². The molecule has 2 heterocycles. The largest absolute Gasteiger partial charge is 0.355 e. The molecule has 0 atom stereocenters. The van der Waals surface area contributed by atoms with E-state index in [2.05, 4.69) is 20.4 Å². The first-order valence-electron chi connectivity index (χ1n) is 6.50. The number of hydrogen-bond acceptors (Lipinski definition) is 4. The smallest absolute Gasteiger partial charge is 0.222 e. The Hall–Kier alpha value is -1.65. The van der Waals surface area contributed by atoms with E-state index in [1.807, 2.05) is 26.0 Å². The zero-order valence-electron chi connectivity index (χ0n) is 11.0. The third-order valence-corrected chi connectivity index (χ3v) is 3.25. The van der Waals surface area contributed by atoms with E-state index in [1.165, 1.54) is 0 Å². The molecule has 1 aliphatic rings. The molecule has 1 aromatic rings. The molecule has 0 unspecified atom stereocenters. The van der Waals surface area contributed by atoms with Crippen molar-refractivity contribution in [3.63, 3.8) is 0 Å². The van der Waals surface area contributed by atoms with E-state index in [0.29, 0.717) is 6.04 Å². The molecule has 18 heavy (non-hydrogen) atoms. The number of anilines is 1. The van der Waals surface area contributed by atoms with Crippen molar-refractivity contribution in [3.05, 3.63) is 18.3 Å². The number of rotatable bonds is 3. The maximum absolute atomic E-state index is 11.6. The van der Waals surface area contributed by atoms with Crippen molar-refractivity contribution in [1.82, 2.24) is 15.5 Å². The molecule has 5 nitrogen and oxygen atoms in total. The Balaban J connectivity index is 1.83. The van der Waals surface area contributed by atoms with Crippen LogP contribution in [0.3, 0.4) is 0 Å². The number of nitrogens with one attached hydrogen (secondary N) is 1. The lowest BCUT2D eigenvalue weighted by atomic mass is 10.0. The molecule has 0 bridgehead atoms. The van der Waals surface area contributed by atoms with Gasteiger partial charge in [0.25, 0.3) is 0 Å². The summed E-state index contributed by atoms with van der Waals surface area (Å²) >= 11 is 0. The van der Waals surface area contributed by atoms with Gasteiger partial charge >= 0.3 is 0 Å². The first-order valence-corrected chi connectivity index (χ1v) is 6.50. The van der Waals surface area contributed by atoms with Gasteiger partial charge in [0.05, 0.1) is 0 Å². The van der Waals surface area contributed by atoms with E-state index in [1.54, 1.807) is 6.20 Å². The molecule has 98 valence electrons. The summed E-state index contributed by atoms with van der Waals surface area (Å²) in [6.07, 6.45) is 3.61. The fourth-order valence-electron chi connectivity index (χ4n) is 2.08. The third-order valence-electron chi connectivity index (χ3n) is 3.25. The van der Waals surface area contributed by atoms with Gasteiger partial charge in [-0.3, -0.25) is 4.79 Å². The van der Waals surface area contributed by atoms with Crippen LogP contribution in [0.2, 0.25) is 0 Å². The summed E-state index contributed by atoms with van der Waals surface area (Å²) in [4.78, 5) is 13.8. The van der Waals surface area contributed by atoms with Crippen LogP contribution in [0.25, 0.3) is 0 Å². The van der Waals surface area contributed by atoms with E-state index >= 15 is 0 Å². The minimum atomic E-state index is 0.0584. The van der Waals surface area contributed by atoms with Crippen molar-refractivity contribution in [1.29, 1.82) is 0 Å². The molecular formula is C13H20N4O. The summed E-state index contributed by atoms with van der Waals surface area (Å²) in [5.74, 6) is 1.13. The molecule has 0 aliphatic carbocycles. The molecule has 0 saturated carbocycles. The van der Waals surface area contributed by atoms with Crippen LogP contribution >= 0.6 is 0 Å². The zero-order valence-corrected chi connectivity index (χ0v) is 11.0. The molecule has 1 N–H and O–H groups in total. The second kappa shape index (κ2) is 5.80. The van der Waals surface area contributed by atoms with Crippen LogP contribution < -0.4 is 10.2 Å². The summed E-state index contributed by atoms with van der Waals surface area (Å²) in [6, 6.07) is 4.17. The summed E-state index contributed by atoms with van der Waals surface area (Å²) in [6.45, 7) is 5.68. The fourth-order valence-corrected chi connectivity index (χ4v) is 2.08. The number of piperidine rings is 1. The minimum Gasteiger partial charge on any atom is -0.355 e. The van der Waals surface area contributed by atoms with E-state index < -0.39 is 0 Å². The Morgan fingerprint density at radius 1 is 1.44 bits per heavy atom. The Morgan fingerprint density at radius 2 is 2.17 bits per heavy atom. The fraction of sp³-hybridized carbons (Fsp3) is 0.615. The standard InChI is InChI=1S/C13H20N4O/c1-10(2)13(18)15-11-5-8-17(9-6-11)12-4-3-7-14-16-12/h3-4,7,10-11H,5-6,8-9H2,1-2H3,(H,15,18). The van der Waals surface area contributed by atoms with Crippen LogP contribution in [-0.4, -0.2) is 35.2 Å². The van der Waals surface area contributed by atoms with Crippen molar-refractivity contribution in [3.8, 4) is 0 Å². The van der Waals surface area contributed by atoms with E-state index in [0.717, 1.165) is 31.7 Å². The SMILES string of the molecule is CC(C)C(=O)NC1CCN(c2cccnn2)CC1. The summed E-state index contributed by atoms with van der Waals surface area (Å²) in [5, 5.41) is 11.1. The molecule has 5 heteroatoms. The minimum absolute atomic E-state index is 0.0584. The first-order chi connectivity index (χ1) is 8.66. The van der Waals surface area contributed by atoms with Crippen LogP contribution in [0, 0.1) is 5.92 Å². The number of aromatic nitrogens is 2. The molecule has 0 spiro atoms. The Bertz CT molecular complexity index is 385. The Morgan fingerprint density at radius 3 is 2.72 bits per heavy atom. The van der Waals surface area contributed by atoms with Gasteiger partial charge in [0.2, 0.25) is 5.91 Å². The van der Waals surface area contributed by atoms with E-state index in [-0.39, 0.29) is 11.8 Å². The Labute approximate surface area is 108 Å². The van der Waals surface area contributed by atoms with Gasteiger partial charge < -0.3 is 10.2 Å². The van der Waals surface area contributed by atoms with Crippen LogP contribution in [0.4, 0.5) is 5.82 Å². The van der Waals surface area contributed by atoms with Crippen molar-refractivity contribution in [2.24, 2.45) is 5.92 Å². The highest BCUT2D eigenvalue weighted by molar-refractivity contribution is 5.78. The summed E-state index contributed by atoms with van der Waals surface area (Å²) < 4.78 is 0. The van der Waals surface area contributed by atoms with Crippen LogP contribution in [-0.2, 0) is 4.79 Å². The molecule has 0 radical (unpaired) electrons. The van der Waals surface area contributed by atoms with Gasteiger partial charge in [0, 0.05) is 31.2 Å². The summed E-state index contributed by atoms with van der Waals surface area (Å²) in [5.41, 5.74) is 0. The van der Waals surface area contributed by atoms with Crippen molar-refractivity contribution >= 4 is 11.7 Å². The first kappa shape index (κ1) is 12.8. The highest BCUT2D eigenvalue weighted by atomic mass is 16.1. The highest BCUT2D eigenvalue weighted by Gasteiger charge is 2.22. The van der Waals surface area contributed by atoms with Gasteiger partial charge in [-0.05, 0) is 25.0 Å². The third kappa shape index (κ3) is 3.18. The average Bonchev–Trinajstić information content (AvgIpc) is 2.40. The number of carbonyl (C=O) groups is 1. The molecule has 0 aromatic carbocycles. The highest BCUT2D eigenvalue weighted by Crippen LogP contribution is 2.16. The number of carbonyl (C=O) groups excluding carboxylic acids is 1. The number of nitrogens with zero attached hydrogens (tertiary/aromatic N) is 3. The zero-order chi connectivity index (χ0) is 13.0. The molecule has 1 aliphatic heterocycles. The van der Waals surface area contributed by atoms with Crippen LogP contribution in [0.15, 0.2) is 18.3 Å². The molecule has 1 saturated heterocycles. The molecule has 2 rings (SSSR count). The van der Waals surface area contributed by atoms with Gasteiger partial charge in [-0.2, -0.15) is 5.10 Å². The number of amides is 1. The van der Waals surface area contributed by atoms with Crippen molar-refractivity contribution in [2.45, 2.75) is 32.7 Å². The van der Waals surface area contributed by atoms with Gasteiger partial charge in [0.1, 0.15) is 0 Å². The van der Waals surface area contributed by atoms with Crippen molar-refractivity contribution in [2.75, 3.05) is 18.0 Å². The normalized spacial score (nSPS) is 16.9. The second-order valence-electron chi connectivity index (χ2n) is 5.01. The summed E-state index contributed by atoms with van der Waals surface area (Å²) in [7, 11) is 0. The molecule has 1 amide bonds. The average molecular weight is 248 g/mol. The van der Waals surface area contributed by atoms with Gasteiger partial charge in [-0.25, -0.2) is 0 Å². The van der Waals surface area contributed by atoms with Crippen molar-refractivity contribution < 1.29 is 4.79 Å². The lowest BCUT2D eigenvalue weighted by molar-refractivity contribution is -0.124. The molecular weight excluding hydrogens is 228 g/mol. The predicted octanol–water partition coefficient (Wildman–Crippen LogP) is 1.22. The van der Waals surface area contributed by atoms with E-state index in [9.17, 15) is 4.79 Å². The molecule has 1 aromatic heterocycles. The molecule has 1 fully saturated rings. The lowest BCUT2D eigenvalue weighted by Crippen LogP contribution is -2.46. The Kier molecular flexibility index (Phi) is 4.12. The van der Waals surface area contributed by atoms with Crippen LogP contribution in [0.1, 0.15) is 26.7 Å². The maximum Gasteiger partial charge on any atom is 0.222 e.